The van der Waals surface area contributed by atoms with E-state index in [1.165, 1.54) is 12.1 Å². The Morgan fingerprint density at radius 1 is 1.25 bits per heavy atom. The maximum Gasteiger partial charge on any atom is 0.265 e. The number of para-hydroxylation sites is 1. The lowest BCUT2D eigenvalue weighted by atomic mass is 10.1. The van der Waals surface area contributed by atoms with Crippen molar-refractivity contribution in [2.75, 3.05) is 5.32 Å². The number of halogens is 2. The first-order chi connectivity index (χ1) is 9.65. The molecule has 20 heavy (non-hydrogen) atoms. The van der Waals surface area contributed by atoms with Crippen LogP contribution in [0.25, 0.3) is 0 Å². The first-order valence-corrected chi connectivity index (χ1v) is 6.52. The van der Waals surface area contributed by atoms with Gasteiger partial charge >= 0.3 is 0 Å². The molecule has 5 heteroatoms. The van der Waals surface area contributed by atoms with Gasteiger partial charge in [0.2, 0.25) is 0 Å². The Morgan fingerprint density at radius 3 is 2.85 bits per heavy atom. The summed E-state index contributed by atoms with van der Waals surface area (Å²) >= 11 is 5.67. The van der Waals surface area contributed by atoms with Gasteiger partial charge in [0.15, 0.2) is 11.9 Å². The second kappa shape index (κ2) is 5.13. The van der Waals surface area contributed by atoms with E-state index in [1.54, 1.807) is 6.07 Å². The molecule has 1 heterocycles. The van der Waals surface area contributed by atoms with Crippen molar-refractivity contribution in [3.8, 4) is 5.75 Å². The van der Waals surface area contributed by atoms with Gasteiger partial charge in [0.1, 0.15) is 5.75 Å². The summed E-state index contributed by atoms with van der Waals surface area (Å²) in [5, 5.41) is 2.48. The Balaban J connectivity index is 1.74. The van der Waals surface area contributed by atoms with Crippen LogP contribution in [0.1, 0.15) is 5.56 Å². The number of nitrogens with one attached hydrogen (secondary N) is 1. The number of benzene rings is 2. The van der Waals surface area contributed by atoms with E-state index in [9.17, 15) is 9.18 Å². The molecule has 0 fully saturated rings. The number of amides is 1. The van der Waals surface area contributed by atoms with Crippen LogP contribution in [-0.2, 0) is 11.2 Å². The van der Waals surface area contributed by atoms with Gasteiger partial charge < -0.3 is 10.1 Å². The summed E-state index contributed by atoms with van der Waals surface area (Å²) in [6.07, 6.45) is -0.171. The molecule has 0 aromatic heterocycles. The van der Waals surface area contributed by atoms with Gasteiger partial charge in [-0.05, 0) is 23.8 Å². The molecule has 3 rings (SSSR count). The third-order valence-corrected chi connectivity index (χ3v) is 3.44. The van der Waals surface area contributed by atoms with Crippen molar-refractivity contribution < 1.29 is 13.9 Å². The maximum atomic E-state index is 13.7. The number of hydrogen-bond donors (Lipinski definition) is 1. The molecule has 1 N–H and O–H groups in total. The molecule has 0 radical (unpaired) electrons. The topological polar surface area (TPSA) is 38.3 Å². The molecule has 0 bridgehead atoms. The maximum absolute atomic E-state index is 13.7. The molecule has 1 atom stereocenters. The molecule has 0 saturated carbocycles. The highest BCUT2D eigenvalue weighted by atomic mass is 35.5. The minimum atomic E-state index is -0.647. The van der Waals surface area contributed by atoms with Gasteiger partial charge in [-0.2, -0.15) is 0 Å². The Kier molecular flexibility index (Phi) is 3.32. The Labute approximate surface area is 120 Å². The average Bonchev–Trinajstić information content (AvgIpc) is 2.88. The molecule has 2 aromatic carbocycles. The van der Waals surface area contributed by atoms with Crippen LogP contribution in [-0.4, -0.2) is 12.0 Å². The van der Waals surface area contributed by atoms with Gasteiger partial charge in [-0.15, -0.1) is 0 Å². The van der Waals surface area contributed by atoms with Crippen molar-refractivity contribution in [3.05, 3.63) is 58.9 Å². The largest absolute Gasteiger partial charge is 0.480 e. The molecule has 2 aromatic rings. The summed E-state index contributed by atoms with van der Waals surface area (Å²) in [5.41, 5.74) is 1.03. The summed E-state index contributed by atoms with van der Waals surface area (Å²) in [6, 6.07) is 11.9. The van der Waals surface area contributed by atoms with E-state index in [0.717, 1.165) is 5.56 Å². The summed E-state index contributed by atoms with van der Waals surface area (Å²) in [4.78, 5) is 12.1. The van der Waals surface area contributed by atoms with Crippen molar-refractivity contribution in [3.63, 3.8) is 0 Å². The van der Waals surface area contributed by atoms with E-state index < -0.39 is 11.9 Å². The molecular formula is C15H11ClFNO2. The highest BCUT2D eigenvalue weighted by Crippen LogP contribution is 2.29. The van der Waals surface area contributed by atoms with Crippen molar-refractivity contribution in [1.29, 1.82) is 0 Å². The van der Waals surface area contributed by atoms with E-state index in [0.29, 0.717) is 12.2 Å². The highest BCUT2D eigenvalue weighted by Gasteiger charge is 2.29. The lowest BCUT2D eigenvalue weighted by Gasteiger charge is -2.12. The predicted octanol–water partition coefficient (Wildman–Crippen LogP) is 3.42. The third-order valence-electron chi connectivity index (χ3n) is 3.15. The Morgan fingerprint density at radius 2 is 2.05 bits per heavy atom. The monoisotopic (exact) mass is 291 g/mol. The smallest absolute Gasteiger partial charge is 0.265 e. The van der Waals surface area contributed by atoms with Crippen molar-refractivity contribution >= 4 is 23.2 Å². The second-order valence-corrected chi connectivity index (χ2v) is 4.92. The van der Waals surface area contributed by atoms with Gasteiger partial charge in [0.25, 0.3) is 5.91 Å². The lowest BCUT2D eigenvalue weighted by molar-refractivity contribution is -0.122. The zero-order valence-corrected chi connectivity index (χ0v) is 11.2. The molecule has 1 unspecified atom stereocenters. The Bertz CT molecular complexity index is 650. The number of rotatable bonds is 2. The van der Waals surface area contributed by atoms with Crippen LogP contribution in [0.5, 0.6) is 5.75 Å². The Hall–Kier alpha value is -2.07. The second-order valence-electron chi connectivity index (χ2n) is 4.51. The van der Waals surface area contributed by atoms with Crippen molar-refractivity contribution in [1.82, 2.24) is 0 Å². The molecule has 3 nitrogen and oxygen atoms in total. The quantitative estimate of drug-likeness (QED) is 0.921. The van der Waals surface area contributed by atoms with E-state index in [2.05, 4.69) is 5.32 Å². The number of hydrogen-bond acceptors (Lipinski definition) is 2. The highest BCUT2D eigenvalue weighted by molar-refractivity contribution is 6.31. The first kappa shape index (κ1) is 12.9. The standard InChI is InChI=1S/C15H11ClFNO2/c16-10-5-3-6-11(14(10)17)18-15(19)13-8-9-4-1-2-7-12(9)20-13/h1-7,13H,8H2,(H,18,19). The fraction of sp³-hybridized carbons (Fsp3) is 0.133. The van der Waals surface area contributed by atoms with Crippen LogP contribution in [0.3, 0.4) is 0 Å². The van der Waals surface area contributed by atoms with E-state index in [4.69, 9.17) is 16.3 Å². The van der Waals surface area contributed by atoms with E-state index >= 15 is 0 Å². The van der Waals surface area contributed by atoms with Crippen LogP contribution in [0, 0.1) is 5.82 Å². The molecule has 1 amide bonds. The van der Waals surface area contributed by atoms with E-state index in [1.807, 2.05) is 24.3 Å². The van der Waals surface area contributed by atoms with Crippen molar-refractivity contribution in [2.24, 2.45) is 0 Å². The van der Waals surface area contributed by atoms with Crippen LogP contribution in [0.15, 0.2) is 42.5 Å². The zero-order chi connectivity index (χ0) is 14.1. The van der Waals surface area contributed by atoms with Crippen LogP contribution in [0.4, 0.5) is 10.1 Å². The molecule has 1 aliphatic rings. The normalized spacial score (nSPS) is 16.4. The fourth-order valence-electron chi connectivity index (χ4n) is 2.14. The fourth-order valence-corrected chi connectivity index (χ4v) is 2.32. The summed E-state index contributed by atoms with van der Waals surface area (Å²) in [7, 11) is 0. The van der Waals surface area contributed by atoms with Crippen LogP contribution >= 0.6 is 11.6 Å². The predicted molar refractivity (Wildman–Crippen MR) is 74.6 cm³/mol. The van der Waals surface area contributed by atoms with Crippen LogP contribution < -0.4 is 10.1 Å². The molecule has 0 saturated heterocycles. The van der Waals surface area contributed by atoms with Gasteiger partial charge in [-0.1, -0.05) is 35.9 Å². The lowest BCUT2D eigenvalue weighted by Crippen LogP contribution is -2.31. The van der Waals surface area contributed by atoms with Gasteiger partial charge in [0.05, 0.1) is 10.7 Å². The first-order valence-electron chi connectivity index (χ1n) is 6.14. The number of fused-ring (bicyclic) bond motifs is 1. The summed E-state index contributed by atoms with van der Waals surface area (Å²) < 4.78 is 19.3. The van der Waals surface area contributed by atoms with E-state index in [-0.39, 0.29) is 16.6 Å². The number of anilines is 1. The molecular weight excluding hydrogens is 281 g/mol. The van der Waals surface area contributed by atoms with Gasteiger partial charge in [0, 0.05) is 6.42 Å². The molecule has 102 valence electrons. The minimum Gasteiger partial charge on any atom is -0.480 e. The zero-order valence-electron chi connectivity index (χ0n) is 10.4. The average molecular weight is 292 g/mol. The van der Waals surface area contributed by atoms with Gasteiger partial charge in [-0.3, -0.25) is 4.79 Å². The molecule has 0 aliphatic carbocycles. The summed E-state index contributed by atoms with van der Waals surface area (Å²) in [5.74, 6) is -0.334. The minimum absolute atomic E-state index is 0.0292. The molecule has 1 aliphatic heterocycles. The SMILES string of the molecule is O=C(Nc1cccc(Cl)c1F)C1Cc2ccccc2O1. The number of ether oxygens (including phenoxy) is 1. The number of carbonyl (C=O) groups excluding carboxylic acids is 1. The van der Waals surface area contributed by atoms with Crippen molar-refractivity contribution in [2.45, 2.75) is 12.5 Å². The number of carbonyl (C=O) groups is 1. The third kappa shape index (κ3) is 2.34. The van der Waals surface area contributed by atoms with Gasteiger partial charge in [-0.25, -0.2) is 4.39 Å². The van der Waals surface area contributed by atoms with Crippen LogP contribution in [0.2, 0.25) is 5.02 Å². The summed E-state index contributed by atoms with van der Waals surface area (Å²) in [6.45, 7) is 0. The molecule has 0 spiro atoms.